The molecule has 5 atom stereocenters. The first-order chi connectivity index (χ1) is 19.1. The number of likely N-dealkylation sites (N-methyl/N-ethyl adjacent to an activating group) is 1. The van der Waals surface area contributed by atoms with Crippen LogP contribution in [0.15, 0.2) is 23.0 Å². The van der Waals surface area contributed by atoms with E-state index >= 15 is 0 Å². The molecule has 4 aliphatic rings. The van der Waals surface area contributed by atoms with Crippen LogP contribution in [0, 0.1) is 11.8 Å². The van der Waals surface area contributed by atoms with Gasteiger partial charge in [-0.05, 0) is 62.5 Å². The second kappa shape index (κ2) is 9.57. The molecule has 41 heavy (non-hydrogen) atoms. The molecule has 13 heteroatoms. The summed E-state index contributed by atoms with van der Waals surface area (Å²) in [6.45, 7) is 4.46. The second-order valence-electron chi connectivity index (χ2n) is 11.2. The Balaban J connectivity index is 1.76. The largest absolute Gasteiger partial charge is 0.508 e. The molecule has 1 aliphatic heterocycles. The summed E-state index contributed by atoms with van der Waals surface area (Å²) in [5.41, 5.74) is -1.03. The fourth-order valence-corrected chi connectivity index (χ4v) is 7.30. The van der Waals surface area contributed by atoms with E-state index in [0.717, 1.165) is 6.07 Å². The quantitative estimate of drug-likeness (QED) is 0.329. The van der Waals surface area contributed by atoms with Gasteiger partial charge in [0, 0.05) is 24.1 Å². The Morgan fingerprint density at radius 2 is 1.83 bits per heavy atom. The van der Waals surface area contributed by atoms with E-state index in [4.69, 9.17) is 5.73 Å². The van der Waals surface area contributed by atoms with Crippen LogP contribution >= 0.6 is 0 Å². The van der Waals surface area contributed by atoms with Gasteiger partial charge >= 0.3 is 6.18 Å². The van der Waals surface area contributed by atoms with Crippen molar-refractivity contribution in [1.82, 2.24) is 9.80 Å². The summed E-state index contributed by atoms with van der Waals surface area (Å²) < 4.78 is 43.8. The number of likely N-dealkylation sites (tertiary alicyclic amines) is 1. The molecule has 10 nitrogen and oxygen atoms in total. The maximum Gasteiger partial charge on any atom is 0.417 e. The number of phenols is 1. The van der Waals surface area contributed by atoms with E-state index in [-0.39, 0.29) is 30.6 Å². The van der Waals surface area contributed by atoms with Gasteiger partial charge in [-0.15, -0.1) is 0 Å². The van der Waals surface area contributed by atoms with Gasteiger partial charge in [0.1, 0.15) is 22.8 Å². The van der Waals surface area contributed by atoms with Crippen LogP contribution in [0.5, 0.6) is 5.75 Å². The Hall–Kier alpha value is -3.42. The second-order valence-corrected chi connectivity index (χ2v) is 11.2. The molecule has 0 radical (unpaired) electrons. The van der Waals surface area contributed by atoms with Crippen molar-refractivity contribution >= 4 is 23.2 Å². The Morgan fingerprint density at radius 1 is 1.20 bits per heavy atom. The van der Waals surface area contributed by atoms with E-state index in [9.17, 15) is 48.0 Å². The van der Waals surface area contributed by atoms with Crippen LogP contribution < -0.4 is 5.73 Å². The number of aliphatic hydroxyl groups excluding tert-OH is 2. The molecule has 0 aromatic heterocycles. The molecule has 3 aliphatic carbocycles. The lowest BCUT2D eigenvalue weighted by Crippen LogP contribution is -2.66. The minimum Gasteiger partial charge on any atom is -0.508 e. The van der Waals surface area contributed by atoms with Gasteiger partial charge in [0.25, 0.3) is 5.91 Å². The number of carbonyl (C=O) groups excluding carboxylic acids is 3. The number of phenolic OH excluding ortho intramolecular Hbond substituents is 1. The highest BCUT2D eigenvalue weighted by atomic mass is 19.4. The number of halogens is 3. The molecule has 2 fully saturated rings. The highest BCUT2D eigenvalue weighted by Crippen LogP contribution is 2.55. The van der Waals surface area contributed by atoms with Crippen LogP contribution in [0.1, 0.15) is 55.0 Å². The van der Waals surface area contributed by atoms with Crippen molar-refractivity contribution in [2.45, 2.75) is 57.0 Å². The molecule has 1 aromatic carbocycles. The Labute approximate surface area is 233 Å². The van der Waals surface area contributed by atoms with E-state index in [1.165, 1.54) is 0 Å². The molecule has 0 bridgehead atoms. The van der Waals surface area contributed by atoms with Gasteiger partial charge in [-0.2, -0.15) is 13.2 Å². The first-order valence-corrected chi connectivity index (χ1v) is 13.5. The number of nitrogens with two attached hydrogens (primary N) is 1. The molecule has 5 rings (SSSR count). The molecular weight excluding hydrogens is 547 g/mol. The normalized spacial score (nSPS) is 30.2. The molecule has 1 aromatic rings. The number of primary amides is 1. The van der Waals surface area contributed by atoms with Crippen molar-refractivity contribution in [3.63, 3.8) is 0 Å². The zero-order valence-corrected chi connectivity index (χ0v) is 22.7. The predicted octanol–water partition coefficient (Wildman–Crippen LogP) is 2.14. The monoisotopic (exact) mass is 579 g/mol. The molecule has 1 saturated heterocycles. The molecule has 6 N–H and O–H groups in total. The van der Waals surface area contributed by atoms with Gasteiger partial charge in [0.05, 0.1) is 17.2 Å². The summed E-state index contributed by atoms with van der Waals surface area (Å²) in [6.07, 6.45) is -5.13. The van der Waals surface area contributed by atoms with Gasteiger partial charge in [-0.3, -0.25) is 24.2 Å². The number of hydrogen-bond acceptors (Lipinski definition) is 9. The summed E-state index contributed by atoms with van der Waals surface area (Å²) in [5.74, 6) is -8.85. The maximum absolute atomic E-state index is 14.6. The van der Waals surface area contributed by atoms with E-state index in [1.54, 1.807) is 30.7 Å². The van der Waals surface area contributed by atoms with E-state index in [2.05, 4.69) is 0 Å². The third-order valence-electron chi connectivity index (χ3n) is 9.33. The topological polar surface area (TPSA) is 165 Å². The minimum atomic E-state index is -4.86. The average Bonchev–Trinajstić information content (AvgIpc) is 2.86. The van der Waals surface area contributed by atoms with Crippen LogP contribution in [-0.2, 0) is 27.0 Å². The average molecular weight is 580 g/mol. The molecule has 222 valence electrons. The number of carbonyl (C=O) groups is 3. The Kier molecular flexibility index (Phi) is 6.79. The lowest BCUT2D eigenvalue weighted by Gasteiger charge is -2.51. The van der Waals surface area contributed by atoms with Crippen LogP contribution in [-0.4, -0.2) is 86.0 Å². The molecular formula is C28H32F3N3O7. The number of hydrogen-bond donors (Lipinski definition) is 5. The van der Waals surface area contributed by atoms with Gasteiger partial charge < -0.3 is 26.2 Å². The lowest BCUT2D eigenvalue weighted by molar-refractivity contribution is -0.155. The molecule has 0 spiro atoms. The number of Topliss-reactive ketones (excluding diaryl/α,β-unsaturated/α-hetero) is 2. The third-order valence-corrected chi connectivity index (χ3v) is 9.33. The van der Waals surface area contributed by atoms with Crippen LogP contribution in [0.2, 0.25) is 0 Å². The molecule has 1 amide bonds. The maximum atomic E-state index is 14.6. The number of aromatic hydroxyl groups is 1. The number of aliphatic hydroxyl groups is 3. The van der Waals surface area contributed by atoms with E-state index in [1.807, 2.05) is 0 Å². The number of ketones is 2. The van der Waals surface area contributed by atoms with Crippen molar-refractivity contribution < 1.29 is 48.0 Å². The summed E-state index contributed by atoms with van der Waals surface area (Å²) in [4.78, 5) is 42.9. The fraction of sp³-hybridized carbons (Fsp3) is 0.536. The van der Waals surface area contributed by atoms with E-state index < -0.39 is 99.1 Å². The standard InChI is InChI=1S/C28H32F3N3O7/c1-4-34(5-2)21-14-9-11-8-13-18(16(35)10-12(15-6-7-33(15)3)20(13)28(29,30)31)22(36)17(11)24(38)27(14,41)25(39)19(23(21)37)26(32)40/h10-11,14-15,21,35-36,39,41H,4-9H2,1-3H3,(H2,32,40)/t11-,14-,15?,21-,27-/m0/s1. The Morgan fingerprint density at radius 3 is 2.32 bits per heavy atom. The van der Waals surface area contributed by atoms with Gasteiger partial charge in [0.15, 0.2) is 11.4 Å². The fourth-order valence-electron chi connectivity index (χ4n) is 7.30. The van der Waals surface area contributed by atoms with Crippen molar-refractivity contribution in [2.24, 2.45) is 17.6 Å². The number of alkyl halides is 3. The predicted molar refractivity (Wildman–Crippen MR) is 138 cm³/mol. The third kappa shape index (κ3) is 3.92. The molecule has 1 heterocycles. The lowest BCUT2D eigenvalue weighted by atomic mass is 9.57. The van der Waals surface area contributed by atoms with Crippen molar-refractivity contribution in [1.29, 1.82) is 0 Å². The first-order valence-electron chi connectivity index (χ1n) is 13.5. The van der Waals surface area contributed by atoms with Gasteiger partial charge in [-0.1, -0.05) is 13.8 Å². The van der Waals surface area contributed by atoms with Gasteiger partial charge in [0.2, 0.25) is 5.78 Å². The summed E-state index contributed by atoms with van der Waals surface area (Å²) >= 11 is 0. The highest BCUT2D eigenvalue weighted by molar-refractivity contribution is 6.24. The number of amides is 1. The van der Waals surface area contributed by atoms with Crippen molar-refractivity contribution in [3.05, 3.63) is 45.2 Å². The van der Waals surface area contributed by atoms with Crippen LogP contribution in [0.25, 0.3) is 5.76 Å². The highest BCUT2D eigenvalue weighted by Gasteiger charge is 2.64. The van der Waals surface area contributed by atoms with Crippen molar-refractivity contribution in [3.8, 4) is 5.75 Å². The number of benzene rings is 1. The van der Waals surface area contributed by atoms with Gasteiger partial charge in [-0.25, -0.2) is 0 Å². The van der Waals surface area contributed by atoms with Crippen LogP contribution in [0.4, 0.5) is 13.2 Å². The summed E-state index contributed by atoms with van der Waals surface area (Å²) in [7, 11) is 1.66. The zero-order chi connectivity index (χ0) is 30.3. The van der Waals surface area contributed by atoms with Crippen molar-refractivity contribution in [2.75, 3.05) is 26.7 Å². The minimum absolute atomic E-state index is 0.141. The van der Waals surface area contributed by atoms with E-state index in [0.29, 0.717) is 13.0 Å². The van der Waals surface area contributed by atoms with Crippen LogP contribution in [0.3, 0.4) is 0 Å². The summed E-state index contributed by atoms with van der Waals surface area (Å²) in [5, 5.41) is 44.9. The smallest absolute Gasteiger partial charge is 0.417 e. The number of fused-ring (bicyclic) bond motifs is 3. The zero-order valence-electron chi connectivity index (χ0n) is 22.7. The first kappa shape index (κ1) is 29.1. The number of nitrogens with zero attached hydrogens (tertiary/aromatic N) is 2. The Bertz CT molecular complexity index is 1430. The summed E-state index contributed by atoms with van der Waals surface area (Å²) in [6, 6.07) is -0.957. The molecule has 1 unspecified atom stereocenters. The number of rotatable bonds is 5. The molecule has 1 saturated carbocycles. The SMILES string of the molecule is CCN(CC)[C@@H]1C(=O)C(C(N)=O)=C(O)[C@@]2(O)C(=O)C3=C(O)c4c(O)cc(C5CCN5C)c(C(F)(F)F)c4C[C@H]3C[C@@H]12.